The maximum atomic E-state index is 11.6. The van der Waals surface area contributed by atoms with Gasteiger partial charge in [-0.2, -0.15) is 0 Å². The van der Waals surface area contributed by atoms with Crippen LogP contribution in [-0.2, 0) is 4.79 Å². The number of phenolic OH excluding ortho intramolecular Hbond substituents is 3. The average Bonchev–Trinajstić information content (AvgIpc) is 2.52. The van der Waals surface area contributed by atoms with Gasteiger partial charge in [-0.3, -0.25) is 4.79 Å². The van der Waals surface area contributed by atoms with Crippen molar-refractivity contribution in [2.45, 2.75) is 6.04 Å². The second-order valence-electron chi connectivity index (χ2n) is 4.69. The zero-order valence-electron chi connectivity index (χ0n) is 11.5. The molecule has 22 heavy (non-hydrogen) atoms. The first-order valence-electron chi connectivity index (χ1n) is 6.45. The molecule has 0 unspecified atom stereocenters. The Morgan fingerprint density at radius 1 is 1.14 bits per heavy atom. The van der Waals surface area contributed by atoms with E-state index in [9.17, 15) is 20.1 Å². The van der Waals surface area contributed by atoms with Gasteiger partial charge in [-0.1, -0.05) is 12.1 Å². The molecular formula is C15H16N2O5. The number of carbonyl (C=O) groups is 1. The molecule has 0 aliphatic heterocycles. The molecule has 1 amide bonds. The molecule has 2 rings (SSSR count). The van der Waals surface area contributed by atoms with Crippen LogP contribution in [0.15, 0.2) is 36.4 Å². The van der Waals surface area contributed by atoms with Crippen LogP contribution in [0.1, 0.15) is 0 Å². The van der Waals surface area contributed by atoms with Crippen molar-refractivity contribution in [2.75, 3.05) is 11.9 Å². The number of aliphatic hydroxyl groups is 1. The summed E-state index contributed by atoms with van der Waals surface area (Å²) < 4.78 is 0. The van der Waals surface area contributed by atoms with Gasteiger partial charge in [0.1, 0.15) is 6.04 Å². The average molecular weight is 304 g/mol. The van der Waals surface area contributed by atoms with Crippen LogP contribution in [0, 0.1) is 0 Å². The van der Waals surface area contributed by atoms with Gasteiger partial charge in [-0.15, -0.1) is 0 Å². The third kappa shape index (κ3) is 3.11. The fourth-order valence-corrected chi connectivity index (χ4v) is 1.88. The van der Waals surface area contributed by atoms with E-state index in [1.165, 1.54) is 12.1 Å². The molecule has 0 heterocycles. The normalized spacial score (nSPS) is 11.9. The van der Waals surface area contributed by atoms with E-state index in [4.69, 9.17) is 10.8 Å². The monoisotopic (exact) mass is 304 g/mol. The van der Waals surface area contributed by atoms with Gasteiger partial charge in [-0.25, -0.2) is 0 Å². The molecule has 2 aromatic carbocycles. The smallest absolute Gasteiger partial charge is 0.243 e. The van der Waals surface area contributed by atoms with Crippen LogP contribution in [0.5, 0.6) is 17.2 Å². The number of aromatic hydroxyl groups is 3. The van der Waals surface area contributed by atoms with E-state index in [-0.39, 0.29) is 5.56 Å². The second-order valence-corrected chi connectivity index (χ2v) is 4.69. The van der Waals surface area contributed by atoms with Crippen LogP contribution in [0.4, 0.5) is 5.69 Å². The number of carbonyl (C=O) groups excluding carboxylic acids is 1. The fourth-order valence-electron chi connectivity index (χ4n) is 1.88. The molecule has 0 radical (unpaired) electrons. The minimum Gasteiger partial charge on any atom is -0.504 e. The Hall–Kier alpha value is -2.77. The highest BCUT2D eigenvalue weighted by molar-refractivity contribution is 5.95. The molecule has 2 aromatic rings. The Morgan fingerprint density at radius 3 is 2.55 bits per heavy atom. The summed E-state index contributed by atoms with van der Waals surface area (Å²) in [5, 5.41) is 40.1. The van der Waals surface area contributed by atoms with Crippen molar-refractivity contribution >= 4 is 11.6 Å². The Kier molecular flexibility index (Phi) is 4.50. The summed E-state index contributed by atoms with van der Waals surface area (Å²) in [5.41, 5.74) is 6.63. The number of nitrogens with one attached hydrogen (secondary N) is 1. The zero-order valence-corrected chi connectivity index (χ0v) is 11.5. The van der Waals surface area contributed by atoms with Crippen molar-refractivity contribution in [3.05, 3.63) is 36.4 Å². The maximum Gasteiger partial charge on any atom is 0.243 e. The minimum atomic E-state index is -1.03. The first-order chi connectivity index (χ1) is 10.4. The highest BCUT2D eigenvalue weighted by atomic mass is 16.3. The summed E-state index contributed by atoms with van der Waals surface area (Å²) in [7, 11) is 0. The van der Waals surface area contributed by atoms with Gasteiger partial charge >= 0.3 is 0 Å². The number of phenols is 3. The lowest BCUT2D eigenvalue weighted by Crippen LogP contribution is -2.38. The minimum absolute atomic E-state index is 0.290. The van der Waals surface area contributed by atoms with Crippen molar-refractivity contribution in [3.63, 3.8) is 0 Å². The van der Waals surface area contributed by atoms with Crippen LogP contribution < -0.4 is 11.1 Å². The molecule has 7 heteroatoms. The van der Waals surface area contributed by atoms with Crippen molar-refractivity contribution in [1.82, 2.24) is 0 Å². The largest absolute Gasteiger partial charge is 0.504 e. The van der Waals surface area contributed by atoms with Gasteiger partial charge in [0.25, 0.3) is 0 Å². The van der Waals surface area contributed by atoms with E-state index in [2.05, 4.69) is 5.32 Å². The van der Waals surface area contributed by atoms with E-state index in [1.807, 2.05) is 0 Å². The van der Waals surface area contributed by atoms with Crippen LogP contribution in [0.3, 0.4) is 0 Å². The second kappa shape index (κ2) is 6.33. The molecule has 0 aliphatic carbocycles. The summed E-state index contributed by atoms with van der Waals surface area (Å²) in [6, 6.07) is 8.12. The van der Waals surface area contributed by atoms with Gasteiger partial charge in [0.05, 0.1) is 6.61 Å². The summed E-state index contributed by atoms with van der Waals surface area (Å²) >= 11 is 0. The summed E-state index contributed by atoms with van der Waals surface area (Å²) in [5.74, 6) is -2.05. The predicted molar refractivity (Wildman–Crippen MR) is 80.6 cm³/mol. The number of anilines is 1. The number of aliphatic hydroxyl groups excluding tert-OH is 1. The van der Waals surface area contributed by atoms with Crippen molar-refractivity contribution in [3.8, 4) is 28.4 Å². The highest BCUT2D eigenvalue weighted by Gasteiger charge is 2.15. The SMILES string of the molecule is N[C@@H](CO)C(=O)Nc1cccc(-c2ccc(O)c(O)c2O)c1. The van der Waals surface area contributed by atoms with Gasteiger partial charge in [0.2, 0.25) is 11.7 Å². The van der Waals surface area contributed by atoms with Gasteiger partial charge < -0.3 is 31.5 Å². The van der Waals surface area contributed by atoms with Crippen LogP contribution in [0.25, 0.3) is 11.1 Å². The van der Waals surface area contributed by atoms with E-state index in [1.54, 1.807) is 24.3 Å². The molecule has 0 aromatic heterocycles. The summed E-state index contributed by atoms with van der Waals surface area (Å²) in [6.45, 7) is -0.474. The topological polar surface area (TPSA) is 136 Å². The molecule has 0 bridgehead atoms. The number of hydrogen-bond donors (Lipinski definition) is 6. The maximum absolute atomic E-state index is 11.6. The van der Waals surface area contributed by atoms with E-state index in [0.717, 1.165) is 0 Å². The molecule has 7 N–H and O–H groups in total. The molecule has 0 saturated heterocycles. The van der Waals surface area contributed by atoms with Gasteiger partial charge in [0, 0.05) is 11.3 Å². The highest BCUT2D eigenvalue weighted by Crippen LogP contribution is 2.42. The van der Waals surface area contributed by atoms with Gasteiger partial charge in [-0.05, 0) is 29.8 Å². The number of hydrogen-bond acceptors (Lipinski definition) is 6. The predicted octanol–water partition coefficient (Wildman–Crippen LogP) is 0.728. The Balaban J connectivity index is 2.33. The lowest BCUT2D eigenvalue weighted by Gasteiger charge is -2.12. The third-order valence-electron chi connectivity index (χ3n) is 3.10. The number of nitrogens with two attached hydrogens (primary N) is 1. The number of benzene rings is 2. The van der Waals surface area contributed by atoms with E-state index in [0.29, 0.717) is 11.3 Å². The van der Waals surface area contributed by atoms with Crippen LogP contribution >= 0.6 is 0 Å². The molecule has 0 fully saturated rings. The van der Waals surface area contributed by atoms with E-state index < -0.39 is 35.8 Å². The molecule has 0 saturated carbocycles. The molecule has 0 aliphatic rings. The number of amides is 1. The van der Waals surface area contributed by atoms with E-state index >= 15 is 0 Å². The standard InChI is InChI=1S/C15H16N2O5/c16-11(7-18)15(22)17-9-3-1-2-8(6-9)10-4-5-12(19)14(21)13(10)20/h1-6,11,18-21H,7,16H2,(H,17,22)/t11-/m0/s1. The molecular weight excluding hydrogens is 288 g/mol. The first-order valence-corrected chi connectivity index (χ1v) is 6.45. The molecule has 0 spiro atoms. The molecule has 7 nitrogen and oxygen atoms in total. The van der Waals surface area contributed by atoms with Gasteiger partial charge in [0.15, 0.2) is 11.5 Å². The molecule has 1 atom stereocenters. The summed E-state index contributed by atoms with van der Waals surface area (Å²) in [6.07, 6.45) is 0. The quantitative estimate of drug-likeness (QED) is 0.461. The van der Waals surface area contributed by atoms with Crippen molar-refractivity contribution in [2.24, 2.45) is 5.73 Å². The van der Waals surface area contributed by atoms with Crippen LogP contribution in [-0.4, -0.2) is 39.0 Å². The lowest BCUT2D eigenvalue weighted by molar-refractivity contribution is -0.118. The lowest BCUT2D eigenvalue weighted by atomic mass is 10.0. The Labute approximate surface area is 126 Å². The third-order valence-corrected chi connectivity index (χ3v) is 3.10. The Morgan fingerprint density at radius 2 is 1.86 bits per heavy atom. The van der Waals surface area contributed by atoms with Crippen molar-refractivity contribution in [1.29, 1.82) is 0 Å². The fraction of sp³-hybridized carbons (Fsp3) is 0.133. The first kappa shape index (κ1) is 15.6. The van der Waals surface area contributed by atoms with Crippen molar-refractivity contribution < 1.29 is 25.2 Å². The zero-order chi connectivity index (χ0) is 16.3. The summed E-state index contributed by atoms with van der Waals surface area (Å²) in [4.78, 5) is 11.6. The molecule has 116 valence electrons. The van der Waals surface area contributed by atoms with Crippen LogP contribution in [0.2, 0.25) is 0 Å². The number of rotatable bonds is 4. The Bertz CT molecular complexity index is 702.